The molecule has 100 valence electrons. The van der Waals surface area contributed by atoms with Crippen LogP contribution in [-0.4, -0.2) is 27.1 Å². The molecule has 18 heavy (non-hydrogen) atoms. The first-order valence-electron chi connectivity index (χ1n) is 7.06. The van der Waals surface area contributed by atoms with E-state index in [0.717, 1.165) is 24.4 Å². The number of hydrazine groups is 1. The van der Waals surface area contributed by atoms with E-state index in [1.165, 1.54) is 19.3 Å². The Balaban J connectivity index is 2.05. The maximum absolute atomic E-state index is 4.32. The van der Waals surface area contributed by atoms with Crippen LogP contribution in [0, 0.1) is 0 Å². The molecule has 1 aromatic heterocycles. The van der Waals surface area contributed by atoms with Crippen LogP contribution >= 0.6 is 0 Å². The molecule has 1 N–H and O–H groups in total. The highest BCUT2D eigenvalue weighted by molar-refractivity contribution is 5.34. The average Bonchev–Trinajstić information content (AvgIpc) is 2.35. The van der Waals surface area contributed by atoms with Crippen molar-refractivity contribution in [3.05, 3.63) is 18.1 Å². The summed E-state index contributed by atoms with van der Waals surface area (Å²) < 4.78 is 0. The molecule has 2 rings (SSSR count). The van der Waals surface area contributed by atoms with E-state index in [1.54, 1.807) is 6.33 Å². The molecule has 1 aliphatic heterocycles. The summed E-state index contributed by atoms with van der Waals surface area (Å²) in [6, 6.07) is 3.20. The van der Waals surface area contributed by atoms with Crippen molar-refractivity contribution in [3.63, 3.8) is 0 Å². The zero-order valence-corrected chi connectivity index (χ0v) is 11.7. The number of aromatic nitrogens is 2. The van der Waals surface area contributed by atoms with E-state index in [4.69, 9.17) is 0 Å². The van der Waals surface area contributed by atoms with E-state index in [0.29, 0.717) is 12.1 Å². The van der Waals surface area contributed by atoms with Crippen molar-refractivity contribution in [1.29, 1.82) is 0 Å². The van der Waals surface area contributed by atoms with Gasteiger partial charge in [0.05, 0.1) is 0 Å². The molecule has 1 aliphatic rings. The predicted molar refractivity (Wildman–Crippen MR) is 74.3 cm³/mol. The van der Waals surface area contributed by atoms with Gasteiger partial charge in [0.25, 0.3) is 0 Å². The topological polar surface area (TPSA) is 41.0 Å². The van der Waals surface area contributed by atoms with E-state index < -0.39 is 0 Å². The van der Waals surface area contributed by atoms with Gasteiger partial charge < -0.3 is 5.43 Å². The molecule has 4 heteroatoms. The van der Waals surface area contributed by atoms with Gasteiger partial charge in [0, 0.05) is 23.8 Å². The normalized spacial score (nSPS) is 25.1. The SMILES string of the molecule is CCCc1cc(NN2C(C)CCCC2C)ncn1. The predicted octanol–water partition coefficient (Wildman–Crippen LogP) is 3.02. The standard InChI is InChI=1S/C14H24N4/c1-4-6-13-9-14(16-10-15-13)17-18-11(2)7-5-8-12(18)3/h9-12H,4-8H2,1-3H3,(H,15,16,17). The first-order valence-corrected chi connectivity index (χ1v) is 7.06. The fourth-order valence-corrected chi connectivity index (χ4v) is 2.63. The summed E-state index contributed by atoms with van der Waals surface area (Å²) in [4.78, 5) is 8.61. The Morgan fingerprint density at radius 3 is 2.67 bits per heavy atom. The number of piperidine rings is 1. The number of nitrogens with zero attached hydrogens (tertiary/aromatic N) is 3. The van der Waals surface area contributed by atoms with E-state index >= 15 is 0 Å². The van der Waals surface area contributed by atoms with Crippen LogP contribution in [0.25, 0.3) is 0 Å². The summed E-state index contributed by atoms with van der Waals surface area (Å²) >= 11 is 0. The van der Waals surface area contributed by atoms with Gasteiger partial charge in [-0.25, -0.2) is 15.0 Å². The van der Waals surface area contributed by atoms with Crippen LogP contribution in [0.3, 0.4) is 0 Å². The van der Waals surface area contributed by atoms with Crippen molar-refractivity contribution < 1.29 is 0 Å². The fraction of sp³-hybridized carbons (Fsp3) is 0.714. The second-order valence-electron chi connectivity index (χ2n) is 5.29. The highest BCUT2D eigenvalue weighted by Gasteiger charge is 2.24. The molecule has 1 aromatic rings. The second kappa shape index (κ2) is 6.14. The minimum atomic E-state index is 0.568. The lowest BCUT2D eigenvalue weighted by Gasteiger charge is -2.39. The highest BCUT2D eigenvalue weighted by atomic mass is 15.5. The fourth-order valence-electron chi connectivity index (χ4n) is 2.63. The molecule has 0 amide bonds. The molecule has 2 unspecified atom stereocenters. The minimum Gasteiger partial charge on any atom is -0.302 e. The van der Waals surface area contributed by atoms with Crippen molar-refractivity contribution in [2.75, 3.05) is 5.43 Å². The van der Waals surface area contributed by atoms with Crippen molar-refractivity contribution in [2.24, 2.45) is 0 Å². The summed E-state index contributed by atoms with van der Waals surface area (Å²) in [7, 11) is 0. The molecule has 0 spiro atoms. The van der Waals surface area contributed by atoms with Gasteiger partial charge in [-0.15, -0.1) is 0 Å². The largest absolute Gasteiger partial charge is 0.302 e. The summed E-state index contributed by atoms with van der Waals surface area (Å²) in [5.41, 5.74) is 4.58. The van der Waals surface area contributed by atoms with E-state index in [-0.39, 0.29) is 0 Å². The van der Waals surface area contributed by atoms with Crippen LogP contribution in [0.1, 0.15) is 52.1 Å². The third-order valence-electron chi connectivity index (χ3n) is 3.67. The summed E-state index contributed by atoms with van der Waals surface area (Å²) in [5.74, 6) is 0.925. The van der Waals surface area contributed by atoms with Crippen molar-refractivity contribution in [3.8, 4) is 0 Å². The van der Waals surface area contributed by atoms with Crippen LogP contribution in [0.15, 0.2) is 12.4 Å². The van der Waals surface area contributed by atoms with Gasteiger partial charge in [0.2, 0.25) is 0 Å². The molecule has 2 atom stereocenters. The molecule has 1 saturated heterocycles. The Bertz CT molecular complexity index is 370. The van der Waals surface area contributed by atoms with Crippen LogP contribution in [0.5, 0.6) is 0 Å². The number of hydrogen-bond donors (Lipinski definition) is 1. The van der Waals surface area contributed by atoms with E-state index in [2.05, 4.69) is 47.2 Å². The third kappa shape index (κ3) is 3.19. The molecule has 4 nitrogen and oxygen atoms in total. The van der Waals surface area contributed by atoms with Crippen molar-refractivity contribution in [2.45, 2.75) is 65.0 Å². The molecule has 0 saturated carbocycles. The lowest BCUT2D eigenvalue weighted by atomic mass is 10.00. The Hall–Kier alpha value is -1.16. The van der Waals surface area contributed by atoms with Crippen LogP contribution in [0.2, 0.25) is 0 Å². The maximum Gasteiger partial charge on any atom is 0.143 e. The van der Waals surface area contributed by atoms with Crippen LogP contribution < -0.4 is 5.43 Å². The van der Waals surface area contributed by atoms with Gasteiger partial charge in [0.15, 0.2) is 0 Å². The second-order valence-corrected chi connectivity index (χ2v) is 5.29. The van der Waals surface area contributed by atoms with Gasteiger partial charge >= 0.3 is 0 Å². The number of hydrogen-bond acceptors (Lipinski definition) is 4. The number of aryl methyl sites for hydroxylation is 1. The van der Waals surface area contributed by atoms with Gasteiger partial charge in [-0.1, -0.05) is 19.8 Å². The molecule has 2 heterocycles. The Labute approximate surface area is 110 Å². The quantitative estimate of drug-likeness (QED) is 0.889. The number of nitrogens with one attached hydrogen (secondary N) is 1. The molecule has 0 bridgehead atoms. The molecular weight excluding hydrogens is 224 g/mol. The Morgan fingerprint density at radius 1 is 1.28 bits per heavy atom. The molecular formula is C14H24N4. The van der Waals surface area contributed by atoms with Crippen molar-refractivity contribution >= 4 is 5.82 Å². The molecule has 1 fully saturated rings. The maximum atomic E-state index is 4.32. The van der Waals surface area contributed by atoms with Gasteiger partial charge in [0.1, 0.15) is 12.1 Å². The van der Waals surface area contributed by atoms with Crippen LogP contribution in [-0.2, 0) is 6.42 Å². The summed E-state index contributed by atoms with van der Waals surface area (Å²) in [6.45, 7) is 6.72. The Morgan fingerprint density at radius 2 is 2.00 bits per heavy atom. The van der Waals surface area contributed by atoms with Gasteiger partial charge in [-0.05, 0) is 33.1 Å². The zero-order chi connectivity index (χ0) is 13.0. The third-order valence-corrected chi connectivity index (χ3v) is 3.67. The summed E-state index contributed by atoms with van der Waals surface area (Å²) in [6.07, 6.45) is 7.63. The Kier molecular flexibility index (Phi) is 4.53. The molecule has 0 aromatic carbocycles. The lowest BCUT2D eigenvalue weighted by molar-refractivity contribution is 0.135. The van der Waals surface area contributed by atoms with E-state index in [1.807, 2.05) is 0 Å². The lowest BCUT2D eigenvalue weighted by Crippen LogP contribution is -2.47. The average molecular weight is 248 g/mol. The minimum absolute atomic E-state index is 0.568. The van der Waals surface area contributed by atoms with Gasteiger partial charge in [-0.3, -0.25) is 0 Å². The summed E-state index contributed by atoms with van der Waals surface area (Å²) in [5, 5.41) is 2.33. The highest BCUT2D eigenvalue weighted by Crippen LogP contribution is 2.22. The van der Waals surface area contributed by atoms with Gasteiger partial charge in [-0.2, -0.15) is 0 Å². The first-order chi connectivity index (χ1) is 8.70. The van der Waals surface area contributed by atoms with E-state index in [9.17, 15) is 0 Å². The first kappa shape index (κ1) is 13.3. The molecule has 0 radical (unpaired) electrons. The zero-order valence-electron chi connectivity index (χ0n) is 11.7. The van der Waals surface area contributed by atoms with Crippen molar-refractivity contribution in [1.82, 2.24) is 15.0 Å². The smallest absolute Gasteiger partial charge is 0.143 e. The number of anilines is 1. The number of rotatable bonds is 4. The molecule has 0 aliphatic carbocycles. The van der Waals surface area contributed by atoms with Crippen LogP contribution in [0.4, 0.5) is 5.82 Å². The monoisotopic (exact) mass is 248 g/mol.